The van der Waals surface area contributed by atoms with E-state index in [0.29, 0.717) is 28.6 Å². The zero-order valence-electron chi connectivity index (χ0n) is 23.9. The average Bonchev–Trinajstić information content (AvgIpc) is 3.45. The maximum absolute atomic E-state index is 2.89. The van der Waals surface area contributed by atoms with E-state index in [-0.39, 0.29) is 11.1 Å². The van der Waals surface area contributed by atoms with Gasteiger partial charge in [0.25, 0.3) is 0 Å². The summed E-state index contributed by atoms with van der Waals surface area (Å²) in [5.74, 6) is 2.66. The van der Waals surface area contributed by atoms with Gasteiger partial charge < -0.3 is 0 Å². The summed E-state index contributed by atoms with van der Waals surface area (Å²) < 4.78 is 8.66. The van der Waals surface area contributed by atoms with Crippen molar-refractivity contribution in [1.29, 1.82) is 0 Å². The Morgan fingerprint density at radius 3 is 1.76 bits per heavy atom. The molecule has 2 bridgehead atoms. The van der Waals surface area contributed by atoms with Crippen molar-refractivity contribution in [3.63, 3.8) is 0 Å². The Labute approximate surface area is 220 Å². The third-order valence-electron chi connectivity index (χ3n) is 8.25. The Balaban J connectivity index is 1.92. The number of benzene rings is 1. The quantitative estimate of drug-likeness (QED) is 0.287. The zero-order valence-corrected chi connectivity index (χ0v) is 29.0. The van der Waals surface area contributed by atoms with E-state index in [1.165, 1.54) is 32.4 Å². The van der Waals surface area contributed by atoms with Crippen LogP contribution in [0.1, 0.15) is 111 Å². The van der Waals surface area contributed by atoms with Gasteiger partial charge in [-0.05, 0) is 0 Å². The molecule has 0 radical (unpaired) electrons. The van der Waals surface area contributed by atoms with E-state index in [1.54, 1.807) is 22.5 Å². The van der Waals surface area contributed by atoms with Gasteiger partial charge in [-0.15, -0.1) is 0 Å². The molecule has 2 fully saturated rings. The van der Waals surface area contributed by atoms with Crippen LogP contribution in [0.4, 0.5) is 5.69 Å². The Kier molecular flexibility index (Phi) is 7.47. The van der Waals surface area contributed by atoms with Gasteiger partial charge in [-0.2, -0.15) is 0 Å². The van der Waals surface area contributed by atoms with E-state index in [0.717, 1.165) is 11.8 Å². The molecule has 1 aromatic rings. The van der Waals surface area contributed by atoms with Crippen LogP contribution in [0.2, 0.25) is 0 Å². The molecule has 190 valence electrons. The van der Waals surface area contributed by atoms with Crippen LogP contribution in [0.25, 0.3) is 0 Å². The fourth-order valence-corrected chi connectivity index (χ4v) is 13.0. The van der Waals surface area contributed by atoms with Crippen LogP contribution < -0.4 is 3.86 Å². The number of para-hydroxylation sites is 1. The average molecular weight is 544 g/mol. The molecule has 0 N–H and O–H groups in total. The number of rotatable bonds is 5. The summed E-state index contributed by atoms with van der Waals surface area (Å²) in [6, 6.07) is 7.11. The molecule has 1 saturated heterocycles. The van der Waals surface area contributed by atoms with Crippen LogP contribution in [0, 0.1) is 11.8 Å². The van der Waals surface area contributed by atoms with Crippen molar-refractivity contribution in [3.8, 4) is 0 Å². The molecule has 2 aliphatic carbocycles. The second-order valence-corrected chi connectivity index (χ2v) is 17.4. The molecule has 0 unspecified atom stereocenters. The number of fused-ring (bicyclic) bond motifs is 2. The molecule has 2 atom stereocenters. The minimum atomic E-state index is -0.441. The Morgan fingerprint density at radius 2 is 1.32 bits per heavy atom. The van der Waals surface area contributed by atoms with E-state index < -0.39 is 8.22 Å². The summed E-state index contributed by atoms with van der Waals surface area (Å²) in [6.07, 6.45) is 4.19. The Morgan fingerprint density at radius 1 is 0.853 bits per heavy atom. The van der Waals surface area contributed by atoms with Crippen molar-refractivity contribution in [1.82, 2.24) is 9.34 Å². The predicted molar refractivity (Wildman–Crippen MR) is 155 cm³/mol. The Hall–Kier alpha value is -0.347. The molecule has 3 nitrogen and oxygen atoms in total. The van der Waals surface area contributed by atoms with E-state index in [9.17, 15) is 0 Å². The van der Waals surface area contributed by atoms with Crippen molar-refractivity contribution in [2.24, 2.45) is 11.8 Å². The van der Waals surface area contributed by atoms with Crippen molar-refractivity contribution in [3.05, 3.63) is 40.3 Å². The predicted octanol–water partition coefficient (Wildman–Crippen LogP) is 7.19. The molecule has 1 aliphatic heterocycles. The molecule has 1 saturated carbocycles. The van der Waals surface area contributed by atoms with E-state index in [1.807, 2.05) is 5.31 Å². The van der Waals surface area contributed by atoms with E-state index >= 15 is 0 Å². The number of hydrogen-bond acceptors (Lipinski definition) is 3. The van der Waals surface area contributed by atoms with Gasteiger partial charge in [0.05, 0.1) is 0 Å². The van der Waals surface area contributed by atoms with E-state index in [2.05, 4.69) is 101 Å². The maximum atomic E-state index is 2.89. The minimum absolute atomic E-state index is 0.199. The first-order chi connectivity index (χ1) is 15.7. The molecular weight excluding hydrogens is 494 g/mol. The van der Waals surface area contributed by atoms with Crippen molar-refractivity contribution < 1.29 is 0 Å². The zero-order chi connectivity index (χ0) is 25.2. The van der Waals surface area contributed by atoms with Gasteiger partial charge in [-0.25, -0.2) is 0 Å². The van der Waals surface area contributed by atoms with Gasteiger partial charge in [0, 0.05) is 0 Å². The summed E-state index contributed by atoms with van der Waals surface area (Å²) in [5.41, 5.74) is 6.84. The van der Waals surface area contributed by atoms with Gasteiger partial charge in [0.15, 0.2) is 0 Å². The molecular formula is C29H50GeN3P. The van der Waals surface area contributed by atoms with Crippen LogP contribution in [-0.2, 0) is 0 Å². The molecule has 0 amide bonds. The van der Waals surface area contributed by atoms with Gasteiger partial charge in [0.1, 0.15) is 0 Å². The van der Waals surface area contributed by atoms with Crippen LogP contribution >= 0.6 is 8.22 Å². The SMILES string of the molecule is CC(C)c1cccc(C(C)C)c1[N]([GeH3])C1=C(P2N(C(C)(C)C)CCN2C(C)(C)C)[C@H]2CC[C@@H]1C2. The first-order valence-corrected chi connectivity index (χ1v) is 16.8. The Bertz CT molecular complexity index is 891. The van der Waals surface area contributed by atoms with Crippen LogP contribution in [0.15, 0.2) is 29.2 Å². The number of anilines is 1. The number of hydrogen-bond donors (Lipinski definition) is 0. The van der Waals surface area contributed by atoms with Crippen molar-refractivity contribution >= 4 is 30.6 Å². The normalized spacial score (nSPS) is 25.1. The molecule has 0 spiro atoms. The molecule has 1 aromatic carbocycles. The molecule has 0 aromatic heterocycles. The number of allylic oxidation sites excluding steroid dienone is 2. The standard InChI is InChI=1S/C29H50GeN3P/c1-19(2)23-12-11-13-24(20(3)4)26(23)33(30)25-21-14-15-22(18-21)27(25)34-31(28(5,6)7)16-17-32(34)29(8,9)10/h11-13,19-22H,14-18H2,1-10,30H3/t21-,22+/m1/s1. The summed E-state index contributed by atoms with van der Waals surface area (Å²) in [7, 11) is -0.441. The third-order valence-corrected chi connectivity index (χ3v) is 13.7. The van der Waals surface area contributed by atoms with Gasteiger partial charge in [-0.3, -0.25) is 0 Å². The van der Waals surface area contributed by atoms with Crippen molar-refractivity contribution in [2.75, 3.05) is 16.9 Å². The first-order valence-electron chi connectivity index (χ1n) is 13.7. The third kappa shape index (κ3) is 4.69. The van der Waals surface area contributed by atoms with Crippen LogP contribution in [-0.4, -0.2) is 50.2 Å². The molecule has 1 heterocycles. The summed E-state index contributed by atoms with van der Waals surface area (Å²) in [6.45, 7) is 26.5. The number of nitrogens with zero attached hydrogens (tertiary/aromatic N) is 3. The van der Waals surface area contributed by atoms with Gasteiger partial charge in [0.2, 0.25) is 0 Å². The fourth-order valence-electron chi connectivity index (χ4n) is 6.64. The van der Waals surface area contributed by atoms with Crippen LogP contribution in [0.5, 0.6) is 0 Å². The summed E-state index contributed by atoms with van der Waals surface area (Å²) >= 11 is 0.570. The summed E-state index contributed by atoms with van der Waals surface area (Å²) in [4.78, 5) is 0. The van der Waals surface area contributed by atoms with Crippen LogP contribution in [0.3, 0.4) is 0 Å². The molecule has 4 rings (SSSR count). The molecule has 5 heteroatoms. The second kappa shape index (κ2) is 9.51. The molecule has 3 aliphatic rings. The van der Waals surface area contributed by atoms with Crippen molar-refractivity contribution in [2.45, 2.75) is 111 Å². The van der Waals surface area contributed by atoms with Gasteiger partial charge in [-0.1, -0.05) is 0 Å². The van der Waals surface area contributed by atoms with E-state index in [4.69, 9.17) is 0 Å². The first kappa shape index (κ1) is 26.7. The summed E-state index contributed by atoms with van der Waals surface area (Å²) in [5, 5.41) is 1.86. The molecule has 34 heavy (non-hydrogen) atoms. The second-order valence-electron chi connectivity index (χ2n) is 13.5. The monoisotopic (exact) mass is 545 g/mol. The van der Waals surface area contributed by atoms with Gasteiger partial charge >= 0.3 is 221 Å². The fraction of sp³-hybridized carbons (Fsp3) is 0.724. The topological polar surface area (TPSA) is 9.72 Å².